The van der Waals surface area contributed by atoms with E-state index in [0.717, 1.165) is 0 Å². The van der Waals surface area contributed by atoms with Crippen molar-refractivity contribution in [3.05, 3.63) is 12.4 Å². The summed E-state index contributed by atoms with van der Waals surface area (Å²) in [5.74, 6) is -0.938. The predicted molar refractivity (Wildman–Crippen MR) is 80.0 cm³/mol. The van der Waals surface area contributed by atoms with Crippen LogP contribution in [0.4, 0.5) is 0 Å². The van der Waals surface area contributed by atoms with E-state index in [0.29, 0.717) is 13.2 Å². The smallest absolute Gasteiger partial charge is 0.304 e. The van der Waals surface area contributed by atoms with Crippen LogP contribution in [0.3, 0.4) is 0 Å². The molecule has 0 spiro atoms. The summed E-state index contributed by atoms with van der Waals surface area (Å²) in [7, 11) is -2.20. The van der Waals surface area contributed by atoms with E-state index in [9.17, 15) is 13.2 Å². The quantitative estimate of drug-likeness (QED) is 0.674. The second-order valence-electron chi connectivity index (χ2n) is 5.33. The number of carbonyl (C=O) groups is 1. The highest BCUT2D eigenvalue weighted by atomic mass is 32.2. The Morgan fingerprint density at radius 2 is 2.18 bits per heavy atom. The molecule has 0 fully saturated rings. The Labute approximate surface area is 130 Å². The van der Waals surface area contributed by atoms with Crippen LogP contribution in [-0.2, 0) is 26.1 Å². The van der Waals surface area contributed by atoms with Crippen molar-refractivity contribution in [2.75, 3.05) is 26.8 Å². The minimum absolute atomic E-state index is 0.0565. The van der Waals surface area contributed by atoms with Crippen molar-refractivity contribution in [1.29, 1.82) is 0 Å². The van der Waals surface area contributed by atoms with Crippen LogP contribution in [0.15, 0.2) is 17.3 Å². The van der Waals surface area contributed by atoms with E-state index in [1.807, 2.05) is 13.8 Å². The molecule has 0 saturated heterocycles. The number of nitrogens with zero attached hydrogens (tertiary/aromatic N) is 3. The number of aromatic nitrogens is 2. The highest BCUT2D eigenvalue weighted by molar-refractivity contribution is 7.89. The first-order valence-electron chi connectivity index (χ1n) is 7.00. The lowest BCUT2D eigenvalue weighted by Gasteiger charge is -2.22. The normalized spacial score (nSPS) is 12.2. The molecule has 0 radical (unpaired) electrons. The van der Waals surface area contributed by atoms with Crippen LogP contribution in [0, 0.1) is 5.92 Å². The van der Waals surface area contributed by atoms with E-state index in [4.69, 9.17) is 9.84 Å². The highest BCUT2D eigenvalue weighted by Gasteiger charge is 2.27. The Kier molecular flexibility index (Phi) is 6.98. The van der Waals surface area contributed by atoms with Gasteiger partial charge in [-0.1, -0.05) is 13.8 Å². The highest BCUT2D eigenvalue weighted by Crippen LogP contribution is 2.17. The molecule has 1 aromatic rings. The van der Waals surface area contributed by atoms with Gasteiger partial charge in [-0.25, -0.2) is 8.42 Å². The van der Waals surface area contributed by atoms with E-state index in [2.05, 4.69) is 5.10 Å². The summed E-state index contributed by atoms with van der Waals surface area (Å²) in [6.45, 7) is 4.84. The molecule has 1 heterocycles. The van der Waals surface area contributed by atoms with Gasteiger partial charge in [0.15, 0.2) is 0 Å². The molecule has 1 N–H and O–H groups in total. The summed E-state index contributed by atoms with van der Waals surface area (Å²) in [4.78, 5) is 10.8. The van der Waals surface area contributed by atoms with Crippen LogP contribution in [0.2, 0.25) is 0 Å². The van der Waals surface area contributed by atoms with Crippen LogP contribution < -0.4 is 0 Å². The van der Waals surface area contributed by atoms with Crippen molar-refractivity contribution in [1.82, 2.24) is 14.1 Å². The average molecular weight is 333 g/mol. The van der Waals surface area contributed by atoms with Gasteiger partial charge in [-0.05, 0) is 5.92 Å². The van der Waals surface area contributed by atoms with Crippen molar-refractivity contribution in [2.45, 2.75) is 31.7 Å². The molecule has 1 aromatic heterocycles. The molecule has 0 bridgehead atoms. The van der Waals surface area contributed by atoms with Crippen LogP contribution in [0.5, 0.6) is 0 Å². The third-order valence-electron chi connectivity index (χ3n) is 2.92. The minimum Gasteiger partial charge on any atom is -0.481 e. The van der Waals surface area contributed by atoms with Gasteiger partial charge in [-0.2, -0.15) is 9.40 Å². The molecule has 0 aliphatic rings. The maximum atomic E-state index is 12.6. The monoisotopic (exact) mass is 333 g/mol. The molecule has 0 unspecified atom stereocenters. The number of rotatable bonds is 10. The summed E-state index contributed by atoms with van der Waals surface area (Å²) < 4.78 is 32.8. The lowest BCUT2D eigenvalue weighted by molar-refractivity contribution is -0.137. The fourth-order valence-electron chi connectivity index (χ4n) is 1.87. The van der Waals surface area contributed by atoms with E-state index in [1.165, 1.54) is 21.4 Å². The molecule has 9 heteroatoms. The number of carboxylic acids is 1. The van der Waals surface area contributed by atoms with E-state index < -0.39 is 16.0 Å². The van der Waals surface area contributed by atoms with E-state index >= 15 is 0 Å². The molecule has 0 aliphatic heterocycles. The first-order valence-corrected chi connectivity index (χ1v) is 8.44. The summed E-state index contributed by atoms with van der Waals surface area (Å²) in [6, 6.07) is 0. The molecule has 0 amide bonds. The molecule has 0 saturated carbocycles. The number of hydrogen-bond acceptors (Lipinski definition) is 5. The van der Waals surface area contributed by atoms with Crippen molar-refractivity contribution in [2.24, 2.45) is 5.92 Å². The number of aliphatic carboxylic acids is 1. The number of ether oxygens (including phenoxy) is 1. The largest absolute Gasteiger partial charge is 0.481 e. The number of hydrogen-bond donors (Lipinski definition) is 1. The molecular formula is C13H23N3O5S. The molecule has 126 valence electrons. The Morgan fingerprint density at radius 3 is 2.73 bits per heavy atom. The molecule has 0 aliphatic carbocycles. The first kappa shape index (κ1) is 18.6. The second kappa shape index (κ2) is 8.25. The second-order valence-corrected chi connectivity index (χ2v) is 7.27. The van der Waals surface area contributed by atoms with Crippen molar-refractivity contribution >= 4 is 16.0 Å². The lowest BCUT2D eigenvalue weighted by Crippen LogP contribution is -2.35. The van der Waals surface area contributed by atoms with Gasteiger partial charge in [-0.3, -0.25) is 9.48 Å². The van der Waals surface area contributed by atoms with Crippen LogP contribution in [-0.4, -0.2) is 60.4 Å². The Balaban J connectivity index is 2.94. The lowest BCUT2D eigenvalue weighted by atomic mass is 10.2. The number of sulfonamides is 1. The maximum absolute atomic E-state index is 12.6. The van der Waals surface area contributed by atoms with Gasteiger partial charge >= 0.3 is 5.97 Å². The zero-order valence-corrected chi connectivity index (χ0v) is 13.9. The van der Waals surface area contributed by atoms with E-state index in [1.54, 1.807) is 7.11 Å². The van der Waals surface area contributed by atoms with Gasteiger partial charge < -0.3 is 9.84 Å². The summed E-state index contributed by atoms with van der Waals surface area (Å²) in [5.41, 5.74) is 0. The molecule has 0 aromatic carbocycles. The minimum atomic E-state index is -3.75. The Bertz CT molecular complexity index is 582. The molecular weight excluding hydrogens is 310 g/mol. The van der Waals surface area contributed by atoms with Crippen molar-refractivity contribution in [3.8, 4) is 0 Å². The fourth-order valence-corrected chi connectivity index (χ4v) is 3.43. The first-order chi connectivity index (χ1) is 10.3. The summed E-state index contributed by atoms with van der Waals surface area (Å²) >= 11 is 0. The standard InChI is InChI=1S/C13H23N3O5S/c1-11(2)9-16(5-4-13(17)18)22(19,20)12-8-14-15(10-12)6-7-21-3/h8,10-11H,4-7,9H2,1-3H3,(H,17,18). The maximum Gasteiger partial charge on any atom is 0.304 e. The zero-order chi connectivity index (χ0) is 16.8. The zero-order valence-electron chi connectivity index (χ0n) is 13.1. The molecule has 0 atom stereocenters. The Morgan fingerprint density at radius 1 is 1.50 bits per heavy atom. The van der Waals surface area contributed by atoms with Gasteiger partial charge in [0.25, 0.3) is 0 Å². The average Bonchev–Trinajstić information content (AvgIpc) is 2.90. The predicted octanol–water partition coefficient (Wildman–Crippen LogP) is 0.651. The van der Waals surface area contributed by atoms with Crippen LogP contribution in [0.1, 0.15) is 20.3 Å². The molecule has 8 nitrogen and oxygen atoms in total. The van der Waals surface area contributed by atoms with Gasteiger partial charge in [0.05, 0.1) is 25.8 Å². The van der Waals surface area contributed by atoms with E-state index in [-0.39, 0.29) is 30.3 Å². The summed E-state index contributed by atoms with van der Waals surface area (Å²) in [6.07, 6.45) is 2.48. The Hall–Kier alpha value is -1.45. The van der Waals surface area contributed by atoms with Crippen molar-refractivity contribution in [3.63, 3.8) is 0 Å². The number of methoxy groups -OCH3 is 1. The van der Waals surface area contributed by atoms with Crippen molar-refractivity contribution < 1.29 is 23.1 Å². The summed E-state index contributed by atoms with van der Waals surface area (Å²) in [5, 5.41) is 12.8. The van der Waals surface area contributed by atoms with Gasteiger partial charge in [0.2, 0.25) is 10.0 Å². The molecule has 1 rings (SSSR count). The SMILES string of the molecule is COCCn1cc(S(=O)(=O)N(CCC(=O)O)CC(C)C)cn1. The van der Waals surface area contributed by atoms with Gasteiger partial charge in [0.1, 0.15) is 4.90 Å². The molecule has 22 heavy (non-hydrogen) atoms. The number of carboxylic acid groups (broad SMARTS) is 1. The third-order valence-corrected chi connectivity index (χ3v) is 4.73. The topological polar surface area (TPSA) is 102 Å². The van der Waals surface area contributed by atoms with Crippen LogP contribution >= 0.6 is 0 Å². The fraction of sp³-hybridized carbons (Fsp3) is 0.692. The van der Waals surface area contributed by atoms with Gasteiger partial charge in [0, 0.05) is 26.4 Å². The van der Waals surface area contributed by atoms with Gasteiger partial charge in [-0.15, -0.1) is 0 Å². The third kappa shape index (κ3) is 5.39. The van der Waals surface area contributed by atoms with Crippen LogP contribution in [0.25, 0.3) is 0 Å².